The van der Waals surface area contributed by atoms with E-state index in [-0.39, 0.29) is 5.56 Å². The second-order valence-electron chi connectivity index (χ2n) is 3.10. The van der Waals surface area contributed by atoms with Gasteiger partial charge in [0.15, 0.2) is 0 Å². The van der Waals surface area contributed by atoms with Crippen molar-refractivity contribution in [3.8, 4) is 0 Å². The van der Waals surface area contributed by atoms with E-state index in [1.807, 2.05) is 0 Å². The molecule has 0 fully saturated rings. The number of carboxylic acid groups (broad SMARTS) is 1. The fourth-order valence-corrected chi connectivity index (χ4v) is 2.68. The summed E-state index contributed by atoms with van der Waals surface area (Å²) in [6.45, 7) is 0. The number of benzene rings is 1. The van der Waals surface area contributed by atoms with Crippen LogP contribution in [0.15, 0.2) is 51.2 Å². The second kappa shape index (κ2) is 5.29. The highest BCUT2D eigenvalue weighted by Gasteiger charge is 2.09. The van der Waals surface area contributed by atoms with Crippen LogP contribution in [0.1, 0.15) is 10.4 Å². The number of rotatable bonds is 3. The molecule has 0 radical (unpaired) electrons. The summed E-state index contributed by atoms with van der Waals surface area (Å²) in [5, 5.41) is 9.70. The van der Waals surface area contributed by atoms with Crippen LogP contribution >= 0.6 is 27.7 Å². The first-order valence-electron chi connectivity index (χ1n) is 4.63. The maximum absolute atomic E-state index is 10.8. The minimum Gasteiger partial charge on any atom is -0.478 e. The topological polar surface area (TPSA) is 63.1 Å². The number of hydrogen-bond donors (Lipinski definition) is 1. The van der Waals surface area contributed by atoms with Crippen LogP contribution in [0.2, 0.25) is 0 Å². The maximum atomic E-state index is 10.8. The summed E-state index contributed by atoms with van der Waals surface area (Å²) in [7, 11) is 0. The van der Waals surface area contributed by atoms with E-state index in [0.29, 0.717) is 4.47 Å². The molecule has 0 saturated heterocycles. The number of carbonyl (C=O) groups is 1. The Morgan fingerprint density at radius 2 is 2.18 bits per heavy atom. The van der Waals surface area contributed by atoms with Gasteiger partial charge in [0.25, 0.3) is 0 Å². The molecule has 0 atom stereocenters. The Morgan fingerprint density at radius 1 is 1.35 bits per heavy atom. The van der Waals surface area contributed by atoms with E-state index in [2.05, 4.69) is 25.9 Å². The minimum atomic E-state index is -0.949. The number of halogens is 1. The van der Waals surface area contributed by atoms with Crippen LogP contribution in [-0.2, 0) is 0 Å². The van der Waals surface area contributed by atoms with Gasteiger partial charge in [-0.1, -0.05) is 11.8 Å². The van der Waals surface area contributed by atoms with Crippen molar-refractivity contribution >= 4 is 33.7 Å². The predicted molar refractivity (Wildman–Crippen MR) is 67.3 cm³/mol. The van der Waals surface area contributed by atoms with Gasteiger partial charge in [0.1, 0.15) is 11.4 Å². The van der Waals surface area contributed by atoms with Crippen LogP contribution in [0.4, 0.5) is 0 Å². The average molecular weight is 311 g/mol. The average Bonchev–Trinajstić information content (AvgIpc) is 2.30. The standard InChI is InChI=1S/C11H7BrN2O2S/c12-9-5-7(1-2-8(9)11(15)16)17-10-3-4-13-6-14-10/h1-6H,(H,15,16). The first-order valence-corrected chi connectivity index (χ1v) is 6.24. The molecular formula is C11H7BrN2O2S. The van der Waals surface area contributed by atoms with Crippen molar-refractivity contribution in [1.29, 1.82) is 0 Å². The van der Waals surface area contributed by atoms with Crippen LogP contribution in [0, 0.1) is 0 Å². The van der Waals surface area contributed by atoms with Gasteiger partial charge >= 0.3 is 5.97 Å². The quantitative estimate of drug-likeness (QED) is 0.883. The molecule has 0 unspecified atom stereocenters. The normalized spacial score (nSPS) is 10.2. The Balaban J connectivity index is 2.24. The lowest BCUT2D eigenvalue weighted by Gasteiger charge is -2.03. The van der Waals surface area contributed by atoms with Crippen molar-refractivity contribution in [1.82, 2.24) is 9.97 Å². The number of hydrogen-bond acceptors (Lipinski definition) is 4. The third kappa shape index (κ3) is 3.04. The molecule has 0 amide bonds. The molecule has 0 saturated carbocycles. The van der Waals surface area contributed by atoms with Gasteiger partial charge in [-0.3, -0.25) is 0 Å². The summed E-state index contributed by atoms with van der Waals surface area (Å²) >= 11 is 4.68. The van der Waals surface area contributed by atoms with E-state index in [9.17, 15) is 4.79 Å². The molecule has 2 rings (SSSR count). The van der Waals surface area contributed by atoms with Crippen LogP contribution in [0.3, 0.4) is 0 Å². The predicted octanol–water partition coefficient (Wildman–Crippen LogP) is 3.09. The lowest BCUT2D eigenvalue weighted by molar-refractivity contribution is 0.0696. The van der Waals surface area contributed by atoms with E-state index in [1.165, 1.54) is 18.1 Å². The molecule has 6 heteroatoms. The van der Waals surface area contributed by atoms with Crippen molar-refractivity contribution in [3.63, 3.8) is 0 Å². The van der Waals surface area contributed by atoms with Crippen LogP contribution < -0.4 is 0 Å². The molecule has 1 aromatic heterocycles. The van der Waals surface area contributed by atoms with Crippen LogP contribution in [-0.4, -0.2) is 21.0 Å². The molecular weight excluding hydrogens is 304 g/mol. The number of aromatic nitrogens is 2. The Bertz CT molecular complexity index is 548. The lowest BCUT2D eigenvalue weighted by Crippen LogP contribution is -1.97. The lowest BCUT2D eigenvalue weighted by atomic mass is 10.2. The summed E-state index contributed by atoms with van der Waals surface area (Å²) in [5.74, 6) is -0.949. The van der Waals surface area contributed by atoms with Crippen molar-refractivity contribution < 1.29 is 9.90 Å². The fourth-order valence-electron chi connectivity index (χ4n) is 1.19. The third-order valence-corrected chi connectivity index (χ3v) is 3.54. The Hall–Kier alpha value is -1.40. The van der Waals surface area contributed by atoms with E-state index < -0.39 is 5.97 Å². The molecule has 86 valence electrons. The Morgan fingerprint density at radius 3 is 2.76 bits per heavy atom. The molecule has 0 aliphatic rings. The smallest absolute Gasteiger partial charge is 0.336 e. The monoisotopic (exact) mass is 310 g/mol. The molecule has 0 bridgehead atoms. The third-order valence-electron chi connectivity index (χ3n) is 1.95. The zero-order valence-corrected chi connectivity index (χ0v) is 10.9. The molecule has 4 nitrogen and oxygen atoms in total. The van der Waals surface area contributed by atoms with Gasteiger partial charge in [-0.2, -0.15) is 0 Å². The van der Waals surface area contributed by atoms with E-state index in [1.54, 1.807) is 30.5 Å². The SMILES string of the molecule is O=C(O)c1ccc(Sc2ccncn2)cc1Br. The fraction of sp³-hybridized carbons (Fsp3) is 0. The van der Waals surface area contributed by atoms with Gasteiger partial charge in [0.05, 0.1) is 5.56 Å². The molecule has 1 aromatic carbocycles. The van der Waals surface area contributed by atoms with Crippen molar-refractivity contribution in [3.05, 3.63) is 46.8 Å². The number of nitrogens with zero attached hydrogens (tertiary/aromatic N) is 2. The highest BCUT2D eigenvalue weighted by atomic mass is 79.9. The Kier molecular flexibility index (Phi) is 3.75. The van der Waals surface area contributed by atoms with Gasteiger partial charge in [-0.15, -0.1) is 0 Å². The van der Waals surface area contributed by atoms with E-state index in [0.717, 1.165) is 9.92 Å². The minimum absolute atomic E-state index is 0.247. The highest BCUT2D eigenvalue weighted by molar-refractivity contribution is 9.10. The number of aromatic carboxylic acids is 1. The second-order valence-corrected chi connectivity index (χ2v) is 5.04. The molecule has 17 heavy (non-hydrogen) atoms. The largest absolute Gasteiger partial charge is 0.478 e. The summed E-state index contributed by atoms with van der Waals surface area (Å²) < 4.78 is 0.559. The van der Waals surface area contributed by atoms with Gasteiger partial charge < -0.3 is 5.11 Å². The summed E-state index contributed by atoms with van der Waals surface area (Å²) in [5.41, 5.74) is 0.247. The van der Waals surface area contributed by atoms with Crippen LogP contribution in [0.25, 0.3) is 0 Å². The van der Waals surface area contributed by atoms with Crippen molar-refractivity contribution in [2.75, 3.05) is 0 Å². The van der Waals surface area contributed by atoms with Gasteiger partial charge in [-0.25, -0.2) is 14.8 Å². The Labute approximate surface area is 110 Å². The molecule has 0 spiro atoms. The first kappa shape index (κ1) is 12.1. The van der Waals surface area contributed by atoms with Gasteiger partial charge in [-0.05, 0) is 40.2 Å². The molecule has 2 aromatic rings. The molecule has 1 N–H and O–H groups in total. The van der Waals surface area contributed by atoms with E-state index in [4.69, 9.17) is 5.11 Å². The zero-order chi connectivity index (χ0) is 12.3. The van der Waals surface area contributed by atoms with Gasteiger partial charge in [0.2, 0.25) is 0 Å². The highest BCUT2D eigenvalue weighted by Crippen LogP contribution is 2.29. The summed E-state index contributed by atoms with van der Waals surface area (Å²) in [4.78, 5) is 19.7. The summed E-state index contributed by atoms with van der Waals surface area (Å²) in [6.07, 6.45) is 3.14. The zero-order valence-electron chi connectivity index (χ0n) is 8.50. The van der Waals surface area contributed by atoms with Gasteiger partial charge in [0, 0.05) is 15.6 Å². The van der Waals surface area contributed by atoms with Crippen molar-refractivity contribution in [2.45, 2.75) is 9.92 Å². The van der Waals surface area contributed by atoms with Crippen LogP contribution in [0.5, 0.6) is 0 Å². The molecule has 1 heterocycles. The first-order chi connectivity index (χ1) is 8.16. The molecule has 0 aliphatic heterocycles. The molecule has 0 aliphatic carbocycles. The maximum Gasteiger partial charge on any atom is 0.336 e. The van der Waals surface area contributed by atoms with Crippen molar-refractivity contribution in [2.24, 2.45) is 0 Å². The van der Waals surface area contributed by atoms with E-state index >= 15 is 0 Å². The number of carboxylic acids is 1. The summed E-state index contributed by atoms with van der Waals surface area (Å²) in [6, 6.07) is 6.87.